The lowest BCUT2D eigenvalue weighted by atomic mass is 9.68. The van der Waals surface area contributed by atoms with Crippen molar-refractivity contribution in [3.63, 3.8) is 0 Å². The highest BCUT2D eigenvalue weighted by atomic mass is 16.4. The van der Waals surface area contributed by atoms with E-state index in [1.165, 1.54) is 24.0 Å². The minimum atomic E-state index is -0.796. The summed E-state index contributed by atoms with van der Waals surface area (Å²) in [6, 6.07) is 6.43. The number of carboxylic acid groups (broad SMARTS) is 1. The van der Waals surface area contributed by atoms with Gasteiger partial charge in [0.2, 0.25) is 0 Å². The molecule has 0 amide bonds. The van der Waals surface area contributed by atoms with Crippen LogP contribution in [-0.2, 0) is 24.1 Å². The second-order valence-corrected chi connectivity index (χ2v) is 5.80. The third-order valence-electron chi connectivity index (χ3n) is 4.30. The zero-order valence-corrected chi connectivity index (χ0v) is 10.4. The highest BCUT2D eigenvalue weighted by molar-refractivity contribution is 5.71. The molecule has 0 atom stereocenters. The lowest BCUT2D eigenvalue weighted by molar-refractivity contribution is -0.158. The van der Waals surface area contributed by atoms with E-state index < -0.39 is 11.6 Å². The van der Waals surface area contributed by atoms with E-state index in [4.69, 9.17) is 5.11 Å². The molecule has 0 saturated heterocycles. The monoisotopic (exact) mass is 246 g/mol. The van der Waals surface area contributed by atoms with Gasteiger partial charge in [-0.2, -0.15) is 0 Å². The van der Waals surface area contributed by atoms with Gasteiger partial charge in [-0.1, -0.05) is 18.2 Å². The third kappa shape index (κ3) is 2.03. The third-order valence-corrected chi connectivity index (χ3v) is 4.30. The molecule has 2 aliphatic rings. The maximum Gasteiger partial charge on any atom is 0.306 e. The van der Waals surface area contributed by atoms with Gasteiger partial charge in [0.15, 0.2) is 0 Å². The highest BCUT2D eigenvalue weighted by Gasteiger charge is 2.46. The second kappa shape index (κ2) is 4.09. The number of carbonyl (C=O) groups is 1. The number of aryl methyl sites for hydroxylation is 2. The molecule has 18 heavy (non-hydrogen) atoms. The number of hydrogen-bond acceptors (Lipinski definition) is 2. The van der Waals surface area contributed by atoms with Gasteiger partial charge in [-0.3, -0.25) is 4.79 Å². The zero-order valence-electron chi connectivity index (χ0n) is 10.4. The van der Waals surface area contributed by atoms with Crippen molar-refractivity contribution in [2.24, 2.45) is 5.92 Å². The first-order valence-electron chi connectivity index (χ1n) is 6.62. The number of benzene rings is 1. The Labute approximate surface area is 106 Å². The van der Waals surface area contributed by atoms with Crippen LogP contribution in [0.15, 0.2) is 18.2 Å². The van der Waals surface area contributed by atoms with Crippen LogP contribution in [0.5, 0.6) is 0 Å². The standard InChI is InChI=1S/C15H18O3/c16-14(17)13-8-15(18,9-13)7-10-4-5-11-2-1-3-12(11)6-10/h4-6,13,18H,1-3,7-9H2,(H,16,17). The maximum absolute atomic E-state index is 10.8. The summed E-state index contributed by atoms with van der Waals surface area (Å²) in [5.74, 6) is -1.14. The Balaban J connectivity index is 1.69. The van der Waals surface area contributed by atoms with E-state index in [-0.39, 0.29) is 5.92 Å². The van der Waals surface area contributed by atoms with E-state index in [9.17, 15) is 9.90 Å². The zero-order chi connectivity index (χ0) is 12.8. The topological polar surface area (TPSA) is 57.5 Å². The van der Waals surface area contributed by atoms with Crippen molar-refractivity contribution in [3.8, 4) is 0 Å². The molecule has 1 fully saturated rings. The van der Waals surface area contributed by atoms with Gasteiger partial charge in [0, 0.05) is 6.42 Å². The Kier molecular flexibility index (Phi) is 2.67. The Morgan fingerprint density at radius 1 is 1.28 bits per heavy atom. The Bertz CT molecular complexity index is 487. The number of aliphatic hydroxyl groups is 1. The first kappa shape index (κ1) is 11.7. The number of hydrogen-bond donors (Lipinski definition) is 2. The molecule has 3 heteroatoms. The predicted molar refractivity (Wildman–Crippen MR) is 67.5 cm³/mol. The van der Waals surface area contributed by atoms with Gasteiger partial charge in [-0.05, 0) is 48.8 Å². The molecule has 0 radical (unpaired) electrons. The average molecular weight is 246 g/mol. The van der Waals surface area contributed by atoms with Gasteiger partial charge in [0.05, 0.1) is 11.5 Å². The SMILES string of the molecule is O=C(O)C1CC(O)(Cc2ccc3c(c2)CCC3)C1. The van der Waals surface area contributed by atoms with Crippen molar-refractivity contribution in [2.75, 3.05) is 0 Å². The molecule has 0 spiro atoms. The van der Waals surface area contributed by atoms with Crippen LogP contribution in [0.1, 0.15) is 36.0 Å². The highest BCUT2D eigenvalue weighted by Crippen LogP contribution is 2.40. The molecular formula is C15H18O3. The minimum Gasteiger partial charge on any atom is -0.481 e. The molecule has 3 rings (SSSR count). The maximum atomic E-state index is 10.8. The van der Waals surface area contributed by atoms with Crippen molar-refractivity contribution in [2.45, 2.75) is 44.1 Å². The van der Waals surface area contributed by atoms with E-state index in [0.29, 0.717) is 19.3 Å². The van der Waals surface area contributed by atoms with Gasteiger partial charge < -0.3 is 10.2 Å². The van der Waals surface area contributed by atoms with Gasteiger partial charge >= 0.3 is 5.97 Å². The summed E-state index contributed by atoms with van der Waals surface area (Å²) in [5, 5.41) is 19.1. The summed E-state index contributed by atoms with van der Waals surface area (Å²) >= 11 is 0. The van der Waals surface area contributed by atoms with E-state index in [1.807, 2.05) is 0 Å². The summed E-state index contributed by atoms with van der Waals surface area (Å²) in [4.78, 5) is 10.8. The molecule has 1 aromatic rings. The number of rotatable bonds is 3. The molecule has 0 heterocycles. The normalized spacial score (nSPS) is 29.7. The van der Waals surface area contributed by atoms with E-state index in [0.717, 1.165) is 12.0 Å². The first-order chi connectivity index (χ1) is 8.56. The fourth-order valence-electron chi connectivity index (χ4n) is 3.29. The van der Waals surface area contributed by atoms with Crippen LogP contribution in [0.25, 0.3) is 0 Å². The van der Waals surface area contributed by atoms with Gasteiger partial charge in [-0.15, -0.1) is 0 Å². The van der Waals surface area contributed by atoms with Gasteiger partial charge in [0.1, 0.15) is 0 Å². The molecule has 2 aliphatic carbocycles. The van der Waals surface area contributed by atoms with Crippen LogP contribution in [0.3, 0.4) is 0 Å². The molecule has 0 bridgehead atoms. The van der Waals surface area contributed by atoms with E-state index >= 15 is 0 Å². The summed E-state index contributed by atoms with van der Waals surface area (Å²) in [6.45, 7) is 0. The molecule has 1 aromatic carbocycles. The Morgan fingerprint density at radius 2 is 2.00 bits per heavy atom. The summed E-state index contributed by atoms with van der Waals surface area (Å²) < 4.78 is 0. The minimum absolute atomic E-state index is 0.357. The Hall–Kier alpha value is -1.35. The van der Waals surface area contributed by atoms with Crippen LogP contribution in [0.2, 0.25) is 0 Å². The van der Waals surface area contributed by atoms with Crippen molar-refractivity contribution >= 4 is 5.97 Å². The van der Waals surface area contributed by atoms with Crippen molar-refractivity contribution in [1.29, 1.82) is 0 Å². The molecule has 1 saturated carbocycles. The van der Waals surface area contributed by atoms with Crippen LogP contribution >= 0.6 is 0 Å². The predicted octanol–water partition coefficient (Wildman–Crippen LogP) is 1.94. The number of carboxylic acids is 1. The van der Waals surface area contributed by atoms with Crippen LogP contribution in [-0.4, -0.2) is 21.8 Å². The Morgan fingerprint density at radius 3 is 2.72 bits per heavy atom. The van der Waals surface area contributed by atoms with Crippen LogP contribution in [0.4, 0.5) is 0 Å². The molecule has 0 aromatic heterocycles. The average Bonchev–Trinajstić information content (AvgIpc) is 2.72. The van der Waals surface area contributed by atoms with Crippen molar-refractivity contribution < 1.29 is 15.0 Å². The fraction of sp³-hybridized carbons (Fsp3) is 0.533. The number of fused-ring (bicyclic) bond motifs is 1. The van der Waals surface area contributed by atoms with Crippen molar-refractivity contribution in [3.05, 3.63) is 34.9 Å². The molecule has 0 unspecified atom stereocenters. The van der Waals surface area contributed by atoms with Crippen LogP contribution in [0, 0.1) is 5.92 Å². The largest absolute Gasteiger partial charge is 0.481 e. The molecule has 2 N–H and O–H groups in total. The van der Waals surface area contributed by atoms with Gasteiger partial charge in [0.25, 0.3) is 0 Å². The summed E-state index contributed by atoms with van der Waals surface area (Å²) in [7, 11) is 0. The molecule has 96 valence electrons. The summed E-state index contributed by atoms with van der Waals surface area (Å²) in [6.07, 6.45) is 4.90. The van der Waals surface area contributed by atoms with Crippen LogP contribution < -0.4 is 0 Å². The van der Waals surface area contributed by atoms with Crippen molar-refractivity contribution in [1.82, 2.24) is 0 Å². The van der Waals surface area contributed by atoms with E-state index in [1.54, 1.807) is 0 Å². The number of aliphatic carboxylic acids is 1. The first-order valence-corrected chi connectivity index (χ1v) is 6.62. The second-order valence-electron chi connectivity index (χ2n) is 5.80. The quantitative estimate of drug-likeness (QED) is 0.857. The lowest BCUT2D eigenvalue weighted by Crippen LogP contribution is -2.48. The lowest BCUT2D eigenvalue weighted by Gasteiger charge is -2.41. The molecule has 0 aliphatic heterocycles. The molecular weight excluding hydrogens is 228 g/mol. The molecule has 3 nitrogen and oxygen atoms in total. The smallest absolute Gasteiger partial charge is 0.306 e. The van der Waals surface area contributed by atoms with E-state index in [2.05, 4.69) is 18.2 Å². The fourth-order valence-corrected chi connectivity index (χ4v) is 3.29. The van der Waals surface area contributed by atoms with Gasteiger partial charge in [-0.25, -0.2) is 0 Å². The summed E-state index contributed by atoms with van der Waals surface area (Å²) in [5.41, 5.74) is 3.19.